The van der Waals surface area contributed by atoms with E-state index < -0.39 is 5.97 Å². The monoisotopic (exact) mass is 156 g/mol. The van der Waals surface area contributed by atoms with Crippen LogP contribution < -0.4 is 0 Å². The van der Waals surface area contributed by atoms with Crippen LogP contribution >= 0.6 is 0 Å². The number of allylic oxidation sites excluding steroid dienone is 1. The zero-order valence-electron chi connectivity index (χ0n) is 7.26. The maximum Gasteiger partial charge on any atom is 0.303 e. The molecule has 0 amide bonds. The molecule has 0 atom stereocenters. The molecule has 11 heavy (non-hydrogen) atoms. The van der Waals surface area contributed by atoms with Gasteiger partial charge in [0.15, 0.2) is 0 Å². The summed E-state index contributed by atoms with van der Waals surface area (Å²) >= 11 is 0. The summed E-state index contributed by atoms with van der Waals surface area (Å²) in [6, 6.07) is 0. The number of hydrogen-bond donors (Lipinski definition) is 1. The first-order chi connectivity index (χ1) is 4.98. The van der Waals surface area contributed by atoms with Gasteiger partial charge in [0, 0.05) is 0 Å². The van der Waals surface area contributed by atoms with E-state index in [0.29, 0.717) is 0 Å². The topological polar surface area (TPSA) is 37.3 Å². The predicted molar refractivity (Wildman–Crippen MR) is 45.5 cm³/mol. The minimum Gasteiger partial charge on any atom is -0.481 e. The molecule has 0 aromatic heterocycles. The van der Waals surface area contributed by atoms with Crippen LogP contribution in [0.4, 0.5) is 0 Å². The van der Waals surface area contributed by atoms with Crippen molar-refractivity contribution < 1.29 is 9.90 Å². The van der Waals surface area contributed by atoms with Gasteiger partial charge in [-0.15, -0.1) is 6.58 Å². The number of carboxylic acids is 1. The Morgan fingerprint density at radius 3 is 2.55 bits per heavy atom. The van der Waals surface area contributed by atoms with Crippen molar-refractivity contribution in [1.82, 2.24) is 0 Å². The van der Waals surface area contributed by atoms with Crippen LogP contribution in [0, 0.1) is 5.41 Å². The van der Waals surface area contributed by atoms with Crippen LogP contribution in [0.2, 0.25) is 0 Å². The summed E-state index contributed by atoms with van der Waals surface area (Å²) in [6.45, 7) is 7.52. The Morgan fingerprint density at radius 1 is 1.64 bits per heavy atom. The van der Waals surface area contributed by atoms with Crippen molar-refractivity contribution in [2.24, 2.45) is 5.41 Å². The first-order valence-corrected chi connectivity index (χ1v) is 3.80. The molecule has 0 aromatic carbocycles. The molecule has 0 unspecified atom stereocenters. The second kappa shape index (κ2) is 4.16. The molecule has 0 aromatic rings. The standard InChI is InChI=1S/C9H16O2/c1-4-5-6-9(2,3)7-8(10)11/h4H,1,5-7H2,2-3H3,(H,10,11). The van der Waals surface area contributed by atoms with Crippen LogP contribution in [0.25, 0.3) is 0 Å². The minimum atomic E-state index is -0.723. The van der Waals surface area contributed by atoms with Crippen molar-refractivity contribution in [3.05, 3.63) is 12.7 Å². The van der Waals surface area contributed by atoms with Gasteiger partial charge in [-0.3, -0.25) is 4.79 Å². The summed E-state index contributed by atoms with van der Waals surface area (Å²) < 4.78 is 0. The highest BCUT2D eigenvalue weighted by molar-refractivity contribution is 5.67. The third-order valence-corrected chi connectivity index (χ3v) is 1.66. The molecule has 1 N–H and O–H groups in total. The molecule has 0 fully saturated rings. The highest BCUT2D eigenvalue weighted by atomic mass is 16.4. The summed E-state index contributed by atoms with van der Waals surface area (Å²) in [4.78, 5) is 10.4. The van der Waals surface area contributed by atoms with Crippen LogP contribution in [0.5, 0.6) is 0 Å². The lowest BCUT2D eigenvalue weighted by Gasteiger charge is -2.20. The molecule has 2 heteroatoms. The van der Waals surface area contributed by atoms with Crippen molar-refractivity contribution in [2.45, 2.75) is 33.1 Å². The fourth-order valence-corrected chi connectivity index (χ4v) is 0.991. The summed E-state index contributed by atoms with van der Waals surface area (Å²) in [5.74, 6) is -0.723. The Balaban J connectivity index is 3.78. The van der Waals surface area contributed by atoms with Crippen molar-refractivity contribution in [3.63, 3.8) is 0 Å². The maximum absolute atomic E-state index is 10.4. The molecule has 0 rings (SSSR count). The van der Waals surface area contributed by atoms with Crippen LogP contribution in [0.3, 0.4) is 0 Å². The van der Waals surface area contributed by atoms with Gasteiger partial charge in [-0.1, -0.05) is 19.9 Å². The molecule has 0 aliphatic carbocycles. The van der Waals surface area contributed by atoms with Crippen molar-refractivity contribution >= 4 is 5.97 Å². The van der Waals surface area contributed by atoms with Gasteiger partial charge in [-0.05, 0) is 18.3 Å². The zero-order valence-corrected chi connectivity index (χ0v) is 7.26. The molecule has 0 spiro atoms. The Kier molecular flexibility index (Phi) is 3.86. The Labute approximate surface area is 67.9 Å². The Hall–Kier alpha value is -0.790. The second-order valence-electron chi connectivity index (χ2n) is 3.56. The molecular weight excluding hydrogens is 140 g/mol. The van der Waals surface area contributed by atoms with E-state index in [1.165, 1.54) is 0 Å². The first kappa shape index (κ1) is 10.2. The van der Waals surface area contributed by atoms with Crippen molar-refractivity contribution in [3.8, 4) is 0 Å². The highest BCUT2D eigenvalue weighted by Crippen LogP contribution is 2.26. The quantitative estimate of drug-likeness (QED) is 0.621. The molecule has 0 radical (unpaired) electrons. The van der Waals surface area contributed by atoms with E-state index in [9.17, 15) is 4.79 Å². The molecule has 0 aliphatic rings. The second-order valence-corrected chi connectivity index (χ2v) is 3.56. The molecule has 0 saturated carbocycles. The van der Waals surface area contributed by atoms with Crippen molar-refractivity contribution in [2.75, 3.05) is 0 Å². The van der Waals surface area contributed by atoms with Gasteiger partial charge in [0.05, 0.1) is 6.42 Å². The normalized spacial score (nSPS) is 11.1. The molecule has 0 bridgehead atoms. The molecule has 2 nitrogen and oxygen atoms in total. The average Bonchev–Trinajstić information content (AvgIpc) is 1.81. The largest absolute Gasteiger partial charge is 0.481 e. The molecule has 64 valence electrons. The van der Waals surface area contributed by atoms with Crippen molar-refractivity contribution in [1.29, 1.82) is 0 Å². The number of hydrogen-bond acceptors (Lipinski definition) is 1. The van der Waals surface area contributed by atoms with Gasteiger partial charge in [-0.25, -0.2) is 0 Å². The van der Waals surface area contributed by atoms with Gasteiger partial charge in [0.25, 0.3) is 0 Å². The van der Waals surface area contributed by atoms with Gasteiger partial charge in [0.2, 0.25) is 0 Å². The third kappa shape index (κ3) is 5.64. The van der Waals surface area contributed by atoms with E-state index in [4.69, 9.17) is 5.11 Å². The summed E-state index contributed by atoms with van der Waals surface area (Å²) in [5, 5.41) is 8.52. The smallest absolute Gasteiger partial charge is 0.303 e. The lowest BCUT2D eigenvalue weighted by atomic mass is 9.84. The van der Waals surface area contributed by atoms with Gasteiger partial charge in [0.1, 0.15) is 0 Å². The minimum absolute atomic E-state index is 0.0972. The SMILES string of the molecule is C=CCCC(C)(C)CC(=O)O. The van der Waals surface area contributed by atoms with Gasteiger partial charge < -0.3 is 5.11 Å². The van der Waals surface area contributed by atoms with Crippen LogP contribution in [-0.2, 0) is 4.79 Å². The molecule has 0 heterocycles. The van der Waals surface area contributed by atoms with E-state index in [-0.39, 0.29) is 11.8 Å². The van der Waals surface area contributed by atoms with Crippen LogP contribution in [0.15, 0.2) is 12.7 Å². The number of carboxylic acid groups (broad SMARTS) is 1. The number of carbonyl (C=O) groups is 1. The van der Waals surface area contributed by atoms with Crippen LogP contribution in [-0.4, -0.2) is 11.1 Å². The molecule has 0 aliphatic heterocycles. The van der Waals surface area contributed by atoms with E-state index in [2.05, 4.69) is 6.58 Å². The fraction of sp³-hybridized carbons (Fsp3) is 0.667. The predicted octanol–water partition coefficient (Wildman–Crippen LogP) is 2.45. The van der Waals surface area contributed by atoms with E-state index in [1.54, 1.807) is 0 Å². The summed E-state index contributed by atoms with van der Waals surface area (Å²) in [5.41, 5.74) is -0.0972. The number of aliphatic carboxylic acids is 1. The van der Waals surface area contributed by atoms with E-state index in [0.717, 1.165) is 12.8 Å². The Morgan fingerprint density at radius 2 is 2.18 bits per heavy atom. The lowest BCUT2D eigenvalue weighted by Crippen LogP contribution is -2.16. The average molecular weight is 156 g/mol. The summed E-state index contributed by atoms with van der Waals surface area (Å²) in [7, 11) is 0. The molecular formula is C9H16O2. The van der Waals surface area contributed by atoms with E-state index >= 15 is 0 Å². The van der Waals surface area contributed by atoms with Gasteiger partial charge in [-0.2, -0.15) is 0 Å². The lowest BCUT2D eigenvalue weighted by molar-refractivity contribution is -0.139. The highest BCUT2D eigenvalue weighted by Gasteiger charge is 2.20. The fourth-order valence-electron chi connectivity index (χ4n) is 0.991. The zero-order chi connectivity index (χ0) is 8.91. The Bertz CT molecular complexity index is 148. The maximum atomic E-state index is 10.4. The summed E-state index contributed by atoms with van der Waals surface area (Å²) in [6.07, 6.45) is 3.84. The van der Waals surface area contributed by atoms with Gasteiger partial charge >= 0.3 is 5.97 Å². The number of rotatable bonds is 5. The van der Waals surface area contributed by atoms with Crippen LogP contribution in [0.1, 0.15) is 33.1 Å². The molecule has 0 saturated heterocycles. The van der Waals surface area contributed by atoms with E-state index in [1.807, 2.05) is 19.9 Å². The third-order valence-electron chi connectivity index (χ3n) is 1.66. The first-order valence-electron chi connectivity index (χ1n) is 3.80.